The fourth-order valence-corrected chi connectivity index (χ4v) is 3.40. The Kier molecular flexibility index (Phi) is 6.51. The molecule has 1 N–H and O–H groups in total. The molecule has 0 aliphatic heterocycles. The van der Waals surface area contributed by atoms with E-state index >= 15 is 0 Å². The van der Waals surface area contributed by atoms with Crippen molar-refractivity contribution in [1.82, 2.24) is 4.98 Å². The summed E-state index contributed by atoms with van der Waals surface area (Å²) in [7, 11) is 0. The number of pyridine rings is 1. The third-order valence-corrected chi connectivity index (χ3v) is 4.93. The van der Waals surface area contributed by atoms with Gasteiger partial charge in [-0.2, -0.15) is 13.2 Å². The van der Waals surface area contributed by atoms with Crippen LogP contribution in [-0.2, 0) is 6.18 Å². The molecule has 3 aromatic rings. The lowest BCUT2D eigenvalue weighted by molar-refractivity contribution is -0.138. The zero-order chi connectivity index (χ0) is 21.3. The van der Waals surface area contributed by atoms with Crippen molar-refractivity contribution in [3.63, 3.8) is 0 Å². The highest BCUT2D eigenvalue weighted by Crippen LogP contribution is 2.40. The average molecular weight is 483 g/mol. The molecule has 0 bridgehead atoms. The molecule has 152 valence electrons. The maximum Gasteiger partial charge on any atom is 0.418 e. The van der Waals surface area contributed by atoms with Crippen LogP contribution in [0.3, 0.4) is 0 Å². The number of ether oxygens (including phenoxy) is 1. The molecule has 29 heavy (non-hydrogen) atoms. The van der Waals surface area contributed by atoms with Crippen LogP contribution in [0, 0.1) is 0 Å². The molecular formula is C19H10Cl4F3NO2. The van der Waals surface area contributed by atoms with Gasteiger partial charge in [0, 0.05) is 26.8 Å². The summed E-state index contributed by atoms with van der Waals surface area (Å²) in [6.45, 7) is 0. The summed E-state index contributed by atoms with van der Waals surface area (Å²) in [6.07, 6.45) is -5.56. The van der Waals surface area contributed by atoms with Crippen LogP contribution in [0.5, 0.6) is 11.5 Å². The minimum atomic E-state index is -4.67. The highest BCUT2D eigenvalue weighted by atomic mass is 35.5. The highest BCUT2D eigenvalue weighted by Gasteiger charge is 2.33. The number of hydrogen-bond donors (Lipinski definition) is 1. The van der Waals surface area contributed by atoms with Crippen LogP contribution in [0.25, 0.3) is 0 Å². The van der Waals surface area contributed by atoms with E-state index in [1.54, 1.807) is 0 Å². The van der Waals surface area contributed by atoms with E-state index in [9.17, 15) is 18.3 Å². The third-order valence-electron chi connectivity index (χ3n) is 3.84. The Balaban J connectivity index is 2.10. The standard InChI is InChI=1S/C19H10Cl4F3NO2/c20-10-1-3-12(13(22)6-10)18(28)17-16(5-9(8-27-17)19(24,25)26)29-15-4-2-11(21)7-14(15)23/h1-8,18,28H/t18-/m1/s1. The van der Waals surface area contributed by atoms with Gasteiger partial charge < -0.3 is 9.84 Å². The Labute approximate surface area is 183 Å². The molecule has 1 atom stereocenters. The lowest BCUT2D eigenvalue weighted by atomic mass is 10.0. The normalized spacial score (nSPS) is 12.7. The molecular weight excluding hydrogens is 473 g/mol. The molecule has 1 heterocycles. The molecule has 2 aromatic carbocycles. The van der Waals surface area contributed by atoms with Crippen molar-refractivity contribution in [2.24, 2.45) is 0 Å². The maximum atomic E-state index is 13.2. The van der Waals surface area contributed by atoms with E-state index < -0.39 is 17.8 Å². The fourth-order valence-electron chi connectivity index (χ4n) is 2.44. The second-order valence-corrected chi connectivity index (χ2v) is 7.54. The van der Waals surface area contributed by atoms with Gasteiger partial charge in [0.1, 0.15) is 17.5 Å². The predicted octanol–water partition coefficient (Wildman–Crippen LogP) is 7.59. The van der Waals surface area contributed by atoms with Crippen molar-refractivity contribution >= 4 is 46.4 Å². The van der Waals surface area contributed by atoms with E-state index in [0.717, 1.165) is 6.07 Å². The Morgan fingerprint density at radius 3 is 2.07 bits per heavy atom. The summed E-state index contributed by atoms with van der Waals surface area (Å²) in [6, 6.07) is 9.24. The quantitative estimate of drug-likeness (QED) is 0.416. The summed E-state index contributed by atoms with van der Waals surface area (Å²) < 4.78 is 45.1. The van der Waals surface area contributed by atoms with Gasteiger partial charge in [0.05, 0.1) is 10.6 Å². The first-order chi connectivity index (χ1) is 13.6. The van der Waals surface area contributed by atoms with Gasteiger partial charge in [-0.05, 0) is 36.4 Å². The van der Waals surface area contributed by atoms with Gasteiger partial charge in [-0.15, -0.1) is 0 Å². The number of hydrogen-bond acceptors (Lipinski definition) is 3. The number of aliphatic hydroxyl groups is 1. The Morgan fingerprint density at radius 2 is 1.48 bits per heavy atom. The van der Waals surface area contributed by atoms with Gasteiger partial charge in [0.15, 0.2) is 5.75 Å². The minimum absolute atomic E-state index is 0.0350. The van der Waals surface area contributed by atoms with E-state index in [0.29, 0.717) is 16.2 Å². The van der Waals surface area contributed by atoms with E-state index in [1.165, 1.54) is 36.4 Å². The van der Waals surface area contributed by atoms with E-state index in [2.05, 4.69) is 4.98 Å². The summed E-state index contributed by atoms with van der Waals surface area (Å²) in [4.78, 5) is 3.77. The van der Waals surface area contributed by atoms with Crippen molar-refractivity contribution < 1.29 is 23.0 Å². The van der Waals surface area contributed by atoms with E-state index in [1.807, 2.05) is 0 Å². The van der Waals surface area contributed by atoms with Crippen molar-refractivity contribution in [1.29, 1.82) is 0 Å². The Hall–Kier alpha value is -1.70. The molecule has 3 nitrogen and oxygen atoms in total. The van der Waals surface area contributed by atoms with Crippen molar-refractivity contribution in [2.75, 3.05) is 0 Å². The first-order valence-electron chi connectivity index (χ1n) is 7.89. The number of halogens is 7. The second-order valence-electron chi connectivity index (χ2n) is 5.85. The SMILES string of the molecule is O[C@H](c1ccc(Cl)cc1Cl)c1ncc(C(F)(F)F)cc1Oc1ccc(Cl)cc1Cl. The molecule has 0 amide bonds. The van der Waals surface area contributed by atoms with Crippen LogP contribution < -0.4 is 4.74 Å². The van der Waals surface area contributed by atoms with Crippen LogP contribution in [0.4, 0.5) is 13.2 Å². The van der Waals surface area contributed by atoms with Crippen LogP contribution in [0.15, 0.2) is 48.7 Å². The third kappa shape index (κ3) is 5.08. The van der Waals surface area contributed by atoms with Crippen molar-refractivity contribution in [3.8, 4) is 11.5 Å². The van der Waals surface area contributed by atoms with Crippen LogP contribution in [0.2, 0.25) is 20.1 Å². The molecule has 1 aromatic heterocycles. The van der Waals surface area contributed by atoms with Gasteiger partial charge in [0.2, 0.25) is 0 Å². The predicted molar refractivity (Wildman–Crippen MR) is 106 cm³/mol. The molecule has 10 heteroatoms. The largest absolute Gasteiger partial charge is 0.454 e. The van der Waals surface area contributed by atoms with Gasteiger partial charge in [-0.1, -0.05) is 52.5 Å². The maximum absolute atomic E-state index is 13.2. The second kappa shape index (κ2) is 8.58. The summed E-state index contributed by atoms with van der Waals surface area (Å²) >= 11 is 23.8. The van der Waals surface area contributed by atoms with Gasteiger partial charge in [-0.25, -0.2) is 0 Å². The molecule has 0 spiro atoms. The number of nitrogens with zero attached hydrogens (tertiary/aromatic N) is 1. The van der Waals surface area contributed by atoms with Gasteiger partial charge in [0.25, 0.3) is 0 Å². The number of rotatable bonds is 4. The lowest BCUT2D eigenvalue weighted by Gasteiger charge is -2.18. The van der Waals surface area contributed by atoms with Gasteiger partial charge in [-0.3, -0.25) is 4.98 Å². The Bertz CT molecular complexity index is 1060. The smallest absolute Gasteiger partial charge is 0.418 e. The average Bonchev–Trinajstić information content (AvgIpc) is 2.63. The molecule has 0 saturated carbocycles. The van der Waals surface area contributed by atoms with Crippen LogP contribution in [-0.4, -0.2) is 10.1 Å². The summed E-state index contributed by atoms with van der Waals surface area (Å²) in [5.74, 6) is -0.310. The Morgan fingerprint density at radius 1 is 0.862 bits per heavy atom. The molecule has 0 fully saturated rings. The summed E-state index contributed by atoms with van der Waals surface area (Å²) in [5.41, 5.74) is -1.06. The number of alkyl halides is 3. The monoisotopic (exact) mass is 481 g/mol. The number of benzene rings is 2. The molecule has 0 aliphatic carbocycles. The van der Waals surface area contributed by atoms with Gasteiger partial charge >= 0.3 is 6.18 Å². The molecule has 0 saturated heterocycles. The topological polar surface area (TPSA) is 42.4 Å². The fraction of sp³-hybridized carbons (Fsp3) is 0.105. The first kappa shape index (κ1) is 22.0. The van der Waals surface area contributed by atoms with Crippen LogP contribution >= 0.6 is 46.4 Å². The minimum Gasteiger partial charge on any atom is -0.454 e. The highest BCUT2D eigenvalue weighted by molar-refractivity contribution is 6.35. The zero-order valence-electron chi connectivity index (χ0n) is 14.1. The molecule has 0 aliphatic rings. The van der Waals surface area contributed by atoms with Crippen molar-refractivity contribution in [3.05, 3.63) is 85.6 Å². The summed E-state index contributed by atoms with van der Waals surface area (Å²) in [5, 5.41) is 11.6. The molecule has 3 rings (SSSR count). The van der Waals surface area contributed by atoms with Crippen LogP contribution in [0.1, 0.15) is 22.9 Å². The van der Waals surface area contributed by atoms with Crippen molar-refractivity contribution in [2.45, 2.75) is 12.3 Å². The number of aromatic nitrogens is 1. The van der Waals surface area contributed by atoms with E-state index in [-0.39, 0.29) is 32.8 Å². The molecule has 0 unspecified atom stereocenters. The number of aliphatic hydroxyl groups excluding tert-OH is 1. The van der Waals surface area contributed by atoms with E-state index in [4.69, 9.17) is 51.1 Å². The molecule has 0 radical (unpaired) electrons. The first-order valence-corrected chi connectivity index (χ1v) is 9.40. The lowest BCUT2D eigenvalue weighted by Crippen LogP contribution is -2.10. The zero-order valence-corrected chi connectivity index (χ0v) is 17.2.